The van der Waals surface area contributed by atoms with Gasteiger partial charge in [-0.3, -0.25) is 0 Å². The number of unbranched alkanes of at least 4 members (excludes halogenated alkanes) is 1. The number of nitrogens with one attached hydrogen (secondary N) is 1. The first-order valence-electron chi connectivity index (χ1n) is 6.49. The molecule has 17 heavy (non-hydrogen) atoms. The van der Waals surface area contributed by atoms with Gasteiger partial charge in [-0.15, -0.1) is 0 Å². The molecule has 1 rings (SSSR count). The SMILES string of the molecule is CCCCC(CCC)Nc1ccc(F)cc1N. The summed E-state index contributed by atoms with van der Waals surface area (Å²) < 4.78 is 12.9. The van der Waals surface area contributed by atoms with Gasteiger partial charge in [-0.05, 0) is 31.0 Å². The van der Waals surface area contributed by atoms with Gasteiger partial charge in [-0.2, -0.15) is 0 Å². The molecule has 0 fully saturated rings. The predicted octanol–water partition coefficient (Wildman–Crippen LogP) is 4.18. The maximum Gasteiger partial charge on any atom is 0.125 e. The standard InChI is InChI=1S/C14H23FN2/c1-3-5-7-12(6-4-2)17-14-9-8-11(15)10-13(14)16/h8-10,12,17H,3-7,16H2,1-2H3. The zero-order chi connectivity index (χ0) is 12.7. The lowest BCUT2D eigenvalue weighted by molar-refractivity contribution is 0.564. The molecule has 0 aliphatic rings. The zero-order valence-electron chi connectivity index (χ0n) is 10.8. The van der Waals surface area contributed by atoms with E-state index in [4.69, 9.17) is 5.73 Å². The van der Waals surface area contributed by atoms with Gasteiger partial charge >= 0.3 is 0 Å². The number of benzene rings is 1. The van der Waals surface area contributed by atoms with Crippen LogP contribution in [0.4, 0.5) is 15.8 Å². The van der Waals surface area contributed by atoms with E-state index in [-0.39, 0.29) is 5.82 Å². The van der Waals surface area contributed by atoms with Crippen LogP contribution in [0.15, 0.2) is 18.2 Å². The zero-order valence-corrected chi connectivity index (χ0v) is 10.8. The summed E-state index contributed by atoms with van der Waals surface area (Å²) in [5.41, 5.74) is 7.13. The quantitative estimate of drug-likeness (QED) is 0.699. The Balaban J connectivity index is 2.64. The van der Waals surface area contributed by atoms with Gasteiger partial charge in [-0.1, -0.05) is 33.1 Å². The Kier molecular flexibility index (Phi) is 5.81. The number of rotatable bonds is 7. The third-order valence-corrected chi connectivity index (χ3v) is 2.92. The number of anilines is 2. The Morgan fingerprint density at radius 2 is 2.00 bits per heavy atom. The average molecular weight is 238 g/mol. The molecule has 0 spiro atoms. The normalized spacial score (nSPS) is 12.4. The van der Waals surface area contributed by atoms with E-state index >= 15 is 0 Å². The van der Waals surface area contributed by atoms with Crippen molar-refractivity contribution in [3.8, 4) is 0 Å². The van der Waals surface area contributed by atoms with Gasteiger partial charge in [0.15, 0.2) is 0 Å². The highest BCUT2D eigenvalue weighted by atomic mass is 19.1. The molecule has 1 unspecified atom stereocenters. The van der Waals surface area contributed by atoms with E-state index in [9.17, 15) is 4.39 Å². The topological polar surface area (TPSA) is 38.0 Å². The fourth-order valence-corrected chi connectivity index (χ4v) is 1.97. The molecule has 1 atom stereocenters. The Bertz CT molecular complexity index is 339. The van der Waals surface area contributed by atoms with Crippen LogP contribution >= 0.6 is 0 Å². The first kappa shape index (κ1) is 13.8. The van der Waals surface area contributed by atoms with Gasteiger partial charge in [0.1, 0.15) is 5.82 Å². The Morgan fingerprint density at radius 3 is 2.59 bits per heavy atom. The molecule has 96 valence electrons. The van der Waals surface area contributed by atoms with Gasteiger partial charge in [-0.25, -0.2) is 4.39 Å². The molecule has 0 saturated heterocycles. The van der Waals surface area contributed by atoms with Gasteiger partial charge in [0.2, 0.25) is 0 Å². The second-order valence-corrected chi connectivity index (χ2v) is 4.50. The van der Waals surface area contributed by atoms with E-state index in [1.54, 1.807) is 6.07 Å². The highest BCUT2D eigenvalue weighted by Crippen LogP contribution is 2.22. The van der Waals surface area contributed by atoms with Gasteiger partial charge in [0, 0.05) is 6.04 Å². The molecule has 0 radical (unpaired) electrons. The fraction of sp³-hybridized carbons (Fsp3) is 0.571. The smallest absolute Gasteiger partial charge is 0.125 e. The van der Waals surface area contributed by atoms with Crippen molar-refractivity contribution >= 4 is 11.4 Å². The fourth-order valence-electron chi connectivity index (χ4n) is 1.97. The molecular weight excluding hydrogens is 215 g/mol. The van der Waals surface area contributed by atoms with E-state index < -0.39 is 0 Å². The van der Waals surface area contributed by atoms with Gasteiger partial charge < -0.3 is 11.1 Å². The Morgan fingerprint density at radius 1 is 1.24 bits per heavy atom. The third kappa shape index (κ3) is 4.63. The minimum Gasteiger partial charge on any atom is -0.397 e. The molecule has 0 aliphatic carbocycles. The largest absolute Gasteiger partial charge is 0.397 e. The van der Waals surface area contributed by atoms with Crippen LogP contribution in [0.2, 0.25) is 0 Å². The van der Waals surface area contributed by atoms with Crippen molar-refractivity contribution < 1.29 is 4.39 Å². The number of nitrogens with two attached hydrogens (primary N) is 1. The maximum atomic E-state index is 12.9. The molecule has 0 bridgehead atoms. The molecule has 3 heteroatoms. The van der Waals surface area contributed by atoms with Crippen LogP contribution in [-0.4, -0.2) is 6.04 Å². The molecule has 0 heterocycles. The summed E-state index contributed by atoms with van der Waals surface area (Å²) in [5, 5.41) is 3.42. The van der Waals surface area contributed by atoms with Crippen LogP contribution in [-0.2, 0) is 0 Å². The minimum absolute atomic E-state index is 0.284. The molecular formula is C14H23FN2. The third-order valence-electron chi connectivity index (χ3n) is 2.92. The van der Waals surface area contributed by atoms with Crippen molar-refractivity contribution in [3.05, 3.63) is 24.0 Å². The van der Waals surface area contributed by atoms with Crippen molar-refractivity contribution in [1.82, 2.24) is 0 Å². The molecule has 0 saturated carbocycles. The predicted molar refractivity (Wildman–Crippen MR) is 72.7 cm³/mol. The van der Waals surface area contributed by atoms with Gasteiger partial charge in [0.05, 0.1) is 11.4 Å². The molecule has 3 N–H and O–H groups in total. The number of hydrogen-bond donors (Lipinski definition) is 2. The van der Waals surface area contributed by atoms with Crippen LogP contribution in [0.3, 0.4) is 0 Å². The lowest BCUT2D eigenvalue weighted by Crippen LogP contribution is -2.20. The lowest BCUT2D eigenvalue weighted by Gasteiger charge is -2.20. The van der Waals surface area contributed by atoms with E-state index in [0.29, 0.717) is 11.7 Å². The number of hydrogen-bond acceptors (Lipinski definition) is 2. The van der Waals surface area contributed by atoms with Crippen molar-refractivity contribution in [2.45, 2.75) is 52.0 Å². The first-order chi connectivity index (χ1) is 8.17. The van der Waals surface area contributed by atoms with Crippen molar-refractivity contribution in [2.75, 3.05) is 11.1 Å². The monoisotopic (exact) mass is 238 g/mol. The van der Waals surface area contributed by atoms with Crippen molar-refractivity contribution in [3.63, 3.8) is 0 Å². The maximum absolute atomic E-state index is 12.9. The van der Waals surface area contributed by atoms with Crippen LogP contribution in [0.1, 0.15) is 46.0 Å². The number of halogens is 1. The molecule has 0 aliphatic heterocycles. The highest BCUT2D eigenvalue weighted by molar-refractivity contribution is 5.66. The van der Waals surface area contributed by atoms with E-state index in [1.807, 2.05) is 0 Å². The average Bonchev–Trinajstić information content (AvgIpc) is 2.29. The highest BCUT2D eigenvalue weighted by Gasteiger charge is 2.09. The summed E-state index contributed by atoms with van der Waals surface area (Å²) in [6, 6.07) is 4.97. The minimum atomic E-state index is -0.284. The number of nitrogen functional groups attached to an aromatic ring is 1. The van der Waals surface area contributed by atoms with E-state index in [2.05, 4.69) is 19.2 Å². The molecule has 0 aromatic heterocycles. The first-order valence-corrected chi connectivity index (χ1v) is 6.49. The van der Waals surface area contributed by atoms with Crippen molar-refractivity contribution in [2.24, 2.45) is 0 Å². The Labute approximate surface area is 103 Å². The van der Waals surface area contributed by atoms with Gasteiger partial charge in [0.25, 0.3) is 0 Å². The molecule has 2 nitrogen and oxygen atoms in total. The summed E-state index contributed by atoms with van der Waals surface area (Å²) in [7, 11) is 0. The van der Waals surface area contributed by atoms with E-state index in [1.165, 1.54) is 25.0 Å². The molecule has 0 amide bonds. The summed E-state index contributed by atoms with van der Waals surface area (Å²) in [6.07, 6.45) is 5.81. The van der Waals surface area contributed by atoms with Crippen LogP contribution in [0.25, 0.3) is 0 Å². The lowest BCUT2D eigenvalue weighted by atomic mass is 10.0. The second kappa shape index (κ2) is 7.15. The second-order valence-electron chi connectivity index (χ2n) is 4.50. The molecule has 1 aromatic carbocycles. The molecule has 1 aromatic rings. The summed E-state index contributed by atoms with van der Waals surface area (Å²) in [4.78, 5) is 0. The van der Waals surface area contributed by atoms with Crippen LogP contribution in [0.5, 0.6) is 0 Å². The van der Waals surface area contributed by atoms with Crippen LogP contribution < -0.4 is 11.1 Å². The summed E-state index contributed by atoms with van der Waals surface area (Å²) >= 11 is 0. The summed E-state index contributed by atoms with van der Waals surface area (Å²) in [6.45, 7) is 4.36. The Hall–Kier alpha value is -1.25. The summed E-state index contributed by atoms with van der Waals surface area (Å²) in [5.74, 6) is -0.284. The van der Waals surface area contributed by atoms with E-state index in [0.717, 1.165) is 24.9 Å². The van der Waals surface area contributed by atoms with Crippen molar-refractivity contribution in [1.29, 1.82) is 0 Å². The van der Waals surface area contributed by atoms with Crippen LogP contribution in [0, 0.1) is 5.82 Å².